The maximum absolute atomic E-state index is 4.44. The van der Waals surface area contributed by atoms with Crippen LogP contribution < -0.4 is 15.5 Å². The SMILES string of the molecule is CN(C)c1nccc(NCCC2CCCNC2)n1. The van der Waals surface area contributed by atoms with Gasteiger partial charge in [0.25, 0.3) is 0 Å². The Morgan fingerprint density at radius 2 is 2.39 bits per heavy atom. The largest absolute Gasteiger partial charge is 0.370 e. The molecule has 5 nitrogen and oxygen atoms in total. The number of nitrogens with one attached hydrogen (secondary N) is 2. The third-order valence-corrected chi connectivity index (χ3v) is 3.30. The van der Waals surface area contributed by atoms with Gasteiger partial charge in [0.15, 0.2) is 0 Å². The zero-order valence-electron chi connectivity index (χ0n) is 11.3. The molecule has 1 saturated heterocycles. The van der Waals surface area contributed by atoms with Crippen molar-refractivity contribution in [1.29, 1.82) is 0 Å². The van der Waals surface area contributed by atoms with Gasteiger partial charge >= 0.3 is 0 Å². The van der Waals surface area contributed by atoms with Crippen LogP contribution in [0.3, 0.4) is 0 Å². The van der Waals surface area contributed by atoms with Crippen LogP contribution in [0.25, 0.3) is 0 Å². The van der Waals surface area contributed by atoms with Gasteiger partial charge in [0.05, 0.1) is 0 Å². The van der Waals surface area contributed by atoms with Crippen LogP contribution in [0.1, 0.15) is 19.3 Å². The minimum Gasteiger partial charge on any atom is -0.370 e. The lowest BCUT2D eigenvalue weighted by Gasteiger charge is -2.22. The van der Waals surface area contributed by atoms with Crippen LogP contribution in [0.2, 0.25) is 0 Å². The first-order valence-electron chi connectivity index (χ1n) is 6.70. The first-order valence-corrected chi connectivity index (χ1v) is 6.70. The molecule has 2 rings (SSSR count). The van der Waals surface area contributed by atoms with Crippen molar-refractivity contribution >= 4 is 11.8 Å². The normalized spacial score (nSPS) is 19.6. The van der Waals surface area contributed by atoms with E-state index < -0.39 is 0 Å². The maximum Gasteiger partial charge on any atom is 0.226 e. The molecule has 0 spiro atoms. The molecule has 1 atom stereocenters. The topological polar surface area (TPSA) is 53.1 Å². The van der Waals surface area contributed by atoms with E-state index in [1.54, 1.807) is 6.20 Å². The average molecular weight is 249 g/mol. The lowest BCUT2D eigenvalue weighted by atomic mass is 9.96. The van der Waals surface area contributed by atoms with Gasteiger partial charge in [0, 0.05) is 26.8 Å². The second-order valence-electron chi connectivity index (χ2n) is 5.06. The summed E-state index contributed by atoms with van der Waals surface area (Å²) in [7, 11) is 3.90. The van der Waals surface area contributed by atoms with Gasteiger partial charge in [-0.3, -0.25) is 0 Å². The Bertz CT molecular complexity index is 360. The van der Waals surface area contributed by atoms with Crippen molar-refractivity contribution in [2.45, 2.75) is 19.3 Å². The third-order valence-electron chi connectivity index (χ3n) is 3.30. The molecule has 1 aromatic rings. The monoisotopic (exact) mass is 249 g/mol. The fraction of sp³-hybridized carbons (Fsp3) is 0.692. The Morgan fingerprint density at radius 3 is 3.11 bits per heavy atom. The molecule has 1 unspecified atom stereocenters. The summed E-state index contributed by atoms with van der Waals surface area (Å²) in [4.78, 5) is 10.6. The Morgan fingerprint density at radius 1 is 1.50 bits per heavy atom. The summed E-state index contributed by atoms with van der Waals surface area (Å²) in [6.45, 7) is 3.33. The summed E-state index contributed by atoms with van der Waals surface area (Å²) in [6, 6.07) is 1.92. The second kappa shape index (κ2) is 6.54. The number of hydrogen-bond acceptors (Lipinski definition) is 5. The summed E-state index contributed by atoms with van der Waals surface area (Å²) in [5, 5.41) is 6.83. The lowest BCUT2D eigenvalue weighted by molar-refractivity contribution is 0.364. The standard InChI is InChI=1S/C13H23N5/c1-18(2)13-16-9-6-12(17-13)15-8-5-11-4-3-7-14-10-11/h6,9,11,14H,3-5,7-8,10H2,1-2H3,(H,15,16,17). The second-order valence-corrected chi connectivity index (χ2v) is 5.06. The van der Waals surface area contributed by atoms with E-state index in [0.29, 0.717) is 0 Å². The maximum atomic E-state index is 4.44. The molecule has 1 fully saturated rings. The summed E-state index contributed by atoms with van der Waals surface area (Å²) in [6.07, 6.45) is 5.66. The number of aromatic nitrogens is 2. The molecule has 1 aliphatic heterocycles. The van der Waals surface area contributed by atoms with Crippen molar-refractivity contribution < 1.29 is 0 Å². The van der Waals surface area contributed by atoms with E-state index >= 15 is 0 Å². The number of rotatable bonds is 5. The molecule has 18 heavy (non-hydrogen) atoms. The first-order chi connectivity index (χ1) is 8.75. The van der Waals surface area contributed by atoms with E-state index in [9.17, 15) is 0 Å². The van der Waals surface area contributed by atoms with Gasteiger partial charge in [0.2, 0.25) is 5.95 Å². The predicted octanol–water partition coefficient (Wildman–Crippen LogP) is 1.34. The third kappa shape index (κ3) is 3.84. The van der Waals surface area contributed by atoms with Crippen molar-refractivity contribution in [2.75, 3.05) is 43.9 Å². The van der Waals surface area contributed by atoms with Crippen LogP contribution in [0, 0.1) is 5.92 Å². The molecule has 0 aliphatic carbocycles. The molecule has 1 aromatic heterocycles. The van der Waals surface area contributed by atoms with Crippen LogP contribution in [0.4, 0.5) is 11.8 Å². The van der Waals surface area contributed by atoms with E-state index in [1.165, 1.54) is 25.8 Å². The minimum atomic E-state index is 0.749. The smallest absolute Gasteiger partial charge is 0.226 e. The molecule has 0 bridgehead atoms. The minimum absolute atomic E-state index is 0.749. The van der Waals surface area contributed by atoms with Gasteiger partial charge in [-0.1, -0.05) is 0 Å². The molecular weight excluding hydrogens is 226 g/mol. The molecular formula is C13H23N5. The number of hydrogen-bond donors (Lipinski definition) is 2. The molecule has 0 amide bonds. The fourth-order valence-electron chi connectivity index (χ4n) is 2.24. The molecule has 100 valence electrons. The van der Waals surface area contributed by atoms with E-state index in [-0.39, 0.29) is 0 Å². The van der Waals surface area contributed by atoms with Crippen molar-refractivity contribution in [3.05, 3.63) is 12.3 Å². The number of anilines is 2. The molecule has 0 radical (unpaired) electrons. The molecule has 5 heteroatoms. The van der Waals surface area contributed by atoms with Crippen LogP contribution in [-0.2, 0) is 0 Å². The van der Waals surface area contributed by atoms with Crippen LogP contribution >= 0.6 is 0 Å². The summed E-state index contributed by atoms with van der Waals surface area (Å²) in [5.74, 6) is 2.47. The fourth-order valence-corrected chi connectivity index (χ4v) is 2.24. The Labute approximate surface area is 109 Å². The summed E-state index contributed by atoms with van der Waals surface area (Å²) >= 11 is 0. The van der Waals surface area contributed by atoms with E-state index in [0.717, 1.165) is 30.8 Å². The quantitative estimate of drug-likeness (QED) is 0.825. The molecule has 0 saturated carbocycles. The predicted molar refractivity (Wildman–Crippen MR) is 75.1 cm³/mol. The van der Waals surface area contributed by atoms with Crippen LogP contribution in [-0.4, -0.2) is 43.7 Å². The molecule has 1 aliphatic rings. The highest BCUT2D eigenvalue weighted by atomic mass is 15.2. The van der Waals surface area contributed by atoms with Gasteiger partial charge in [-0.2, -0.15) is 4.98 Å². The van der Waals surface area contributed by atoms with Gasteiger partial charge in [-0.05, 0) is 44.3 Å². The van der Waals surface area contributed by atoms with Crippen molar-refractivity contribution in [3.63, 3.8) is 0 Å². The van der Waals surface area contributed by atoms with Crippen molar-refractivity contribution in [3.8, 4) is 0 Å². The lowest BCUT2D eigenvalue weighted by Crippen LogP contribution is -2.30. The average Bonchev–Trinajstić information content (AvgIpc) is 2.40. The highest BCUT2D eigenvalue weighted by Crippen LogP contribution is 2.14. The highest BCUT2D eigenvalue weighted by molar-refractivity contribution is 5.40. The molecule has 0 aromatic carbocycles. The van der Waals surface area contributed by atoms with Gasteiger partial charge in [-0.25, -0.2) is 4.98 Å². The Hall–Kier alpha value is -1.36. The van der Waals surface area contributed by atoms with Gasteiger partial charge < -0.3 is 15.5 Å². The molecule has 2 heterocycles. The number of nitrogens with zero attached hydrogens (tertiary/aromatic N) is 3. The zero-order valence-corrected chi connectivity index (χ0v) is 11.3. The van der Waals surface area contributed by atoms with Crippen molar-refractivity contribution in [1.82, 2.24) is 15.3 Å². The zero-order chi connectivity index (χ0) is 12.8. The Balaban J connectivity index is 1.77. The van der Waals surface area contributed by atoms with E-state index in [1.807, 2.05) is 25.1 Å². The highest BCUT2D eigenvalue weighted by Gasteiger charge is 2.12. The molecule has 2 N–H and O–H groups in total. The number of piperidine rings is 1. The van der Waals surface area contributed by atoms with Gasteiger partial charge in [0.1, 0.15) is 5.82 Å². The van der Waals surface area contributed by atoms with Crippen LogP contribution in [0.5, 0.6) is 0 Å². The van der Waals surface area contributed by atoms with Crippen molar-refractivity contribution in [2.24, 2.45) is 5.92 Å². The summed E-state index contributed by atoms with van der Waals surface area (Å²) < 4.78 is 0. The summed E-state index contributed by atoms with van der Waals surface area (Å²) in [5.41, 5.74) is 0. The van der Waals surface area contributed by atoms with E-state index in [4.69, 9.17) is 0 Å². The Kier molecular flexibility index (Phi) is 4.75. The first kappa shape index (κ1) is 13.1. The van der Waals surface area contributed by atoms with Gasteiger partial charge in [-0.15, -0.1) is 0 Å². The van der Waals surface area contributed by atoms with Crippen LogP contribution in [0.15, 0.2) is 12.3 Å². The van der Waals surface area contributed by atoms with E-state index in [2.05, 4.69) is 20.6 Å².